The molecule has 0 unspecified atom stereocenters. The Balaban J connectivity index is 2.70. The second-order valence-corrected chi connectivity index (χ2v) is 10.2. The summed E-state index contributed by atoms with van der Waals surface area (Å²) in [7, 11) is 0. The van der Waals surface area contributed by atoms with Crippen molar-refractivity contribution in [2.45, 2.75) is 104 Å². The van der Waals surface area contributed by atoms with E-state index in [-0.39, 0.29) is 24.6 Å². The first-order chi connectivity index (χ1) is 15.3. The normalized spacial score (nSPS) is 18.7. The van der Waals surface area contributed by atoms with Gasteiger partial charge in [-0.15, -0.1) is 0 Å². The van der Waals surface area contributed by atoms with Gasteiger partial charge in [-0.3, -0.25) is 14.5 Å². The molecule has 0 aromatic heterocycles. The summed E-state index contributed by atoms with van der Waals surface area (Å²) in [6.45, 7) is 17.0. The van der Waals surface area contributed by atoms with Gasteiger partial charge in [0.25, 0.3) is 0 Å². The van der Waals surface area contributed by atoms with E-state index < -0.39 is 29.3 Å². The maximum atomic E-state index is 12.6. The zero-order valence-corrected chi connectivity index (χ0v) is 21.7. The Hall–Kier alpha value is -1.71. The van der Waals surface area contributed by atoms with Gasteiger partial charge in [-0.1, -0.05) is 0 Å². The van der Waals surface area contributed by atoms with Crippen molar-refractivity contribution in [2.75, 3.05) is 32.8 Å². The Bertz CT molecular complexity index is 640. The lowest BCUT2D eigenvalue weighted by Crippen LogP contribution is -2.54. The number of hydrogen-bond acceptors (Lipinski definition) is 9. The Kier molecular flexibility index (Phi) is 11.8. The highest BCUT2D eigenvalue weighted by Crippen LogP contribution is 2.20. The van der Waals surface area contributed by atoms with Crippen molar-refractivity contribution in [2.24, 2.45) is 0 Å². The maximum Gasteiger partial charge on any atom is 0.335 e. The average molecular weight is 473 g/mol. The number of likely N-dealkylation sites (tertiary alicyclic amines) is 1. The molecule has 1 heterocycles. The number of carbonyl (C=O) groups excluding carboxylic acids is 3. The summed E-state index contributed by atoms with van der Waals surface area (Å²) >= 11 is 0. The zero-order valence-electron chi connectivity index (χ0n) is 21.7. The highest BCUT2D eigenvalue weighted by Gasteiger charge is 2.36. The first-order valence-corrected chi connectivity index (χ1v) is 12.0. The number of nitrogens with one attached hydrogen (secondary N) is 1. The lowest BCUT2D eigenvalue weighted by molar-refractivity contribution is -0.177. The Morgan fingerprint density at radius 3 is 2.06 bits per heavy atom. The highest BCUT2D eigenvalue weighted by molar-refractivity contribution is 5.77. The van der Waals surface area contributed by atoms with E-state index in [0.29, 0.717) is 32.5 Å². The monoisotopic (exact) mass is 472 g/mol. The zero-order chi connectivity index (χ0) is 25.2. The molecule has 0 aliphatic carbocycles. The molecule has 33 heavy (non-hydrogen) atoms. The Morgan fingerprint density at radius 2 is 1.58 bits per heavy atom. The lowest BCUT2D eigenvalue weighted by atomic mass is 10.0. The third-order valence-corrected chi connectivity index (χ3v) is 4.93. The van der Waals surface area contributed by atoms with Gasteiger partial charge >= 0.3 is 17.9 Å². The van der Waals surface area contributed by atoms with Crippen LogP contribution in [0.4, 0.5) is 0 Å². The fraction of sp³-hybridized carbons (Fsp3) is 0.875. The fourth-order valence-corrected chi connectivity index (χ4v) is 3.46. The molecule has 192 valence electrons. The van der Waals surface area contributed by atoms with Crippen LogP contribution in [0.2, 0.25) is 0 Å². The summed E-state index contributed by atoms with van der Waals surface area (Å²) in [5.41, 5.74) is -1.15. The van der Waals surface area contributed by atoms with Crippen LogP contribution in [0, 0.1) is 0 Å². The second kappa shape index (κ2) is 13.2. The van der Waals surface area contributed by atoms with Crippen molar-refractivity contribution in [1.82, 2.24) is 10.2 Å². The van der Waals surface area contributed by atoms with Crippen LogP contribution in [0.5, 0.6) is 0 Å². The minimum Gasteiger partial charge on any atom is -0.465 e. The molecular weight excluding hydrogens is 428 g/mol. The van der Waals surface area contributed by atoms with Crippen LogP contribution < -0.4 is 5.32 Å². The van der Waals surface area contributed by atoms with Gasteiger partial charge in [-0.05, 0) is 81.2 Å². The summed E-state index contributed by atoms with van der Waals surface area (Å²) in [6.07, 6.45) is 0.824. The van der Waals surface area contributed by atoms with E-state index >= 15 is 0 Å². The molecule has 9 heteroatoms. The fourth-order valence-electron chi connectivity index (χ4n) is 3.46. The lowest BCUT2D eigenvalue weighted by Gasteiger charge is -2.39. The van der Waals surface area contributed by atoms with E-state index in [1.807, 2.05) is 46.4 Å². The van der Waals surface area contributed by atoms with Crippen molar-refractivity contribution in [3.05, 3.63) is 0 Å². The molecule has 1 fully saturated rings. The highest BCUT2D eigenvalue weighted by atomic mass is 16.6. The predicted molar refractivity (Wildman–Crippen MR) is 125 cm³/mol. The molecule has 0 spiro atoms. The van der Waals surface area contributed by atoms with Crippen LogP contribution in [-0.4, -0.2) is 85.0 Å². The van der Waals surface area contributed by atoms with Gasteiger partial charge in [0, 0.05) is 13.1 Å². The third kappa shape index (κ3) is 11.3. The SMILES string of the molecule is CCOC(=O)[C@H](CCN1CC[C@H]1C(=O)OCC)NCC[C@H](OC(C)(C)C)C(=O)OC(C)(C)C. The van der Waals surface area contributed by atoms with Crippen LogP contribution in [0.1, 0.15) is 74.7 Å². The number of ether oxygens (including phenoxy) is 4. The molecule has 0 bridgehead atoms. The van der Waals surface area contributed by atoms with E-state index in [2.05, 4.69) is 5.32 Å². The van der Waals surface area contributed by atoms with Crippen LogP contribution in [0.15, 0.2) is 0 Å². The summed E-state index contributed by atoms with van der Waals surface area (Å²) < 4.78 is 21.8. The van der Waals surface area contributed by atoms with Gasteiger partial charge < -0.3 is 24.3 Å². The molecule has 1 N–H and O–H groups in total. The number of nitrogens with zero attached hydrogens (tertiary/aromatic N) is 1. The van der Waals surface area contributed by atoms with Crippen LogP contribution in [0.3, 0.4) is 0 Å². The van der Waals surface area contributed by atoms with Crippen molar-refractivity contribution >= 4 is 17.9 Å². The van der Waals surface area contributed by atoms with Gasteiger partial charge in [0.2, 0.25) is 0 Å². The van der Waals surface area contributed by atoms with Crippen molar-refractivity contribution in [3.63, 3.8) is 0 Å². The van der Waals surface area contributed by atoms with Crippen LogP contribution in [0.25, 0.3) is 0 Å². The van der Waals surface area contributed by atoms with Crippen molar-refractivity contribution in [3.8, 4) is 0 Å². The van der Waals surface area contributed by atoms with E-state index in [0.717, 1.165) is 13.0 Å². The van der Waals surface area contributed by atoms with Crippen molar-refractivity contribution in [1.29, 1.82) is 0 Å². The van der Waals surface area contributed by atoms with Crippen LogP contribution >= 0.6 is 0 Å². The van der Waals surface area contributed by atoms with Gasteiger partial charge in [-0.25, -0.2) is 4.79 Å². The topological polar surface area (TPSA) is 103 Å². The third-order valence-electron chi connectivity index (χ3n) is 4.93. The summed E-state index contributed by atoms with van der Waals surface area (Å²) in [4.78, 5) is 39.2. The summed E-state index contributed by atoms with van der Waals surface area (Å²) in [5.74, 6) is -0.995. The van der Waals surface area contributed by atoms with E-state index in [1.54, 1.807) is 13.8 Å². The molecule has 1 aliphatic rings. The molecule has 1 rings (SSSR count). The minimum absolute atomic E-state index is 0.219. The largest absolute Gasteiger partial charge is 0.465 e. The maximum absolute atomic E-state index is 12.6. The van der Waals surface area contributed by atoms with Gasteiger partial charge in [0.1, 0.15) is 17.7 Å². The molecule has 0 saturated carbocycles. The number of rotatable bonds is 13. The number of carbonyl (C=O) groups is 3. The van der Waals surface area contributed by atoms with E-state index in [9.17, 15) is 14.4 Å². The molecule has 1 saturated heterocycles. The van der Waals surface area contributed by atoms with Crippen molar-refractivity contribution < 1.29 is 33.3 Å². The first kappa shape index (κ1) is 29.3. The van der Waals surface area contributed by atoms with Crippen LogP contribution in [-0.2, 0) is 33.3 Å². The van der Waals surface area contributed by atoms with Gasteiger partial charge in [-0.2, -0.15) is 0 Å². The smallest absolute Gasteiger partial charge is 0.335 e. The summed E-state index contributed by atoms with van der Waals surface area (Å²) in [6, 6.07) is -0.799. The molecular formula is C24H44N2O7. The molecule has 0 aromatic rings. The average Bonchev–Trinajstić information content (AvgIpc) is 2.63. The first-order valence-electron chi connectivity index (χ1n) is 12.0. The Labute approximate surface area is 198 Å². The molecule has 0 amide bonds. The molecule has 9 nitrogen and oxygen atoms in total. The van der Waals surface area contributed by atoms with Gasteiger partial charge in [0.15, 0.2) is 6.10 Å². The molecule has 3 atom stereocenters. The minimum atomic E-state index is -0.761. The number of esters is 3. The quantitative estimate of drug-likeness (QED) is 0.320. The van der Waals surface area contributed by atoms with E-state index in [4.69, 9.17) is 18.9 Å². The molecule has 0 radical (unpaired) electrons. The molecule has 1 aliphatic heterocycles. The Morgan fingerprint density at radius 1 is 0.939 bits per heavy atom. The predicted octanol–water partition coefficient (Wildman–Crippen LogP) is 2.45. The number of hydrogen-bond donors (Lipinski definition) is 1. The van der Waals surface area contributed by atoms with E-state index in [1.165, 1.54) is 0 Å². The standard InChI is InChI=1S/C24H44N2O7/c1-9-30-20(27)17(12-15-26-16-13-18(26)21(28)31-10-2)25-14-11-19(32-23(3,4)5)22(29)33-24(6,7)8/h17-19,25H,9-16H2,1-8H3/t17-,18-,19-/m0/s1. The van der Waals surface area contributed by atoms with Gasteiger partial charge in [0.05, 0.1) is 18.8 Å². The summed E-state index contributed by atoms with van der Waals surface area (Å²) in [5, 5.41) is 3.21. The second-order valence-electron chi connectivity index (χ2n) is 10.2. The molecule has 0 aromatic carbocycles.